The van der Waals surface area contributed by atoms with E-state index in [1.165, 1.54) is 26.1 Å². The second-order valence-electron chi connectivity index (χ2n) is 6.45. The van der Waals surface area contributed by atoms with Gasteiger partial charge in [-0.15, -0.1) is 0 Å². The van der Waals surface area contributed by atoms with Gasteiger partial charge in [-0.05, 0) is 0 Å². The van der Waals surface area contributed by atoms with Crippen molar-refractivity contribution in [3.8, 4) is 0 Å². The molecule has 0 radical (unpaired) electrons. The Morgan fingerprint density at radius 3 is 1.76 bits per heavy atom. The molecule has 0 saturated carbocycles. The average molecular weight is 381 g/mol. The maximum absolute atomic E-state index is 2.48. The zero-order chi connectivity index (χ0) is 16.2. The summed E-state index contributed by atoms with van der Waals surface area (Å²) in [5.41, 5.74) is 5.98. The molecule has 2 heteroatoms. The molecule has 0 nitrogen and oxygen atoms in total. The third kappa shape index (κ3) is 4.33. The van der Waals surface area contributed by atoms with Crippen LogP contribution in [0, 0.1) is 0 Å². The molecule has 0 saturated heterocycles. The van der Waals surface area contributed by atoms with E-state index in [0.29, 0.717) is 4.22 Å². The van der Waals surface area contributed by atoms with Gasteiger partial charge in [-0.25, -0.2) is 0 Å². The van der Waals surface area contributed by atoms with Gasteiger partial charge in [0, 0.05) is 0 Å². The Morgan fingerprint density at radius 1 is 0.640 bits per heavy atom. The van der Waals surface area contributed by atoms with Crippen LogP contribution in [0.1, 0.15) is 26.5 Å². The number of hydrogen-bond donors (Lipinski definition) is 0. The van der Waals surface area contributed by atoms with Crippen molar-refractivity contribution in [1.29, 1.82) is 0 Å². The summed E-state index contributed by atoms with van der Waals surface area (Å²) in [5, 5.41) is 0. The number of rotatable bonds is 5. The summed E-state index contributed by atoms with van der Waals surface area (Å²) in [6.07, 6.45) is 4.81. The molecule has 0 bridgehead atoms. The zero-order valence-corrected chi connectivity index (χ0v) is 16.4. The van der Waals surface area contributed by atoms with Crippen LogP contribution in [-0.4, -0.2) is 0 Å². The minimum absolute atomic E-state index is 0. The summed E-state index contributed by atoms with van der Waals surface area (Å²) in [5.74, 6) is 0. The molecule has 1 aliphatic carbocycles. The van der Waals surface area contributed by atoms with Gasteiger partial charge < -0.3 is 12.4 Å². The van der Waals surface area contributed by atoms with Crippen LogP contribution in [0.25, 0.3) is 6.08 Å². The van der Waals surface area contributed by atoms with Crippen LogP contribution in [0.4, 0.5) is 0 Å². The number of hydrogen-bond acceptors (Lipinski definition) is 0. The fourth-order valence-corrected chi connectivity index (χ4v) is 8.53. The molecular weight excluding hydrogens is 360 g/mol. The summed E-state index contributed by atoms with van der Waals surface area (Å²) in [6, 6.07) is 31.0. The van der Waals surface area contributed by atoms with Crippen LogP contribution in [0.15, 0.2) is 91.0 Å². The molecule has 3 aromatic carbocycles. The van der Waals surface area contributed by atoms with Gasteiger partial charge in [-0.2, -0.15) is 0 Å². The first-order chi connectivity index (χ1) is 11.9. The van der Waals surface area contributed by atoms with Crippen molar-refractivity contribution in [2.24, 2.45) is 0 Å². The van der Waals surface area contributed by atoms with Gasteiger partial charge in [-0.3, -0.25) is 0 Å². The maximum atomic E-state index is 2.48. The van der Waals surface area contributed by atoms with E-state index in [2.05, 4.69) is 97.1 Å². The minimum Gasteiger partial charge on any atom is -1.00 e. The number of fused-ring (bicyclic) bond motifs is 1. The Labute approximate surface area is 162 Å². The van der Waals surface area contributed by atoms with Crippen LogP contribution in [-0.2, 0) is 27.3 Å². The van der Waals surface area contributed by atoms with Gasteiger partial charge in [-0.1, -0.05) is 0 Å². The van der Waals surface area contributed by atoms with Crippen molar-refractivity contribution in [2.75, 3.05) is 0 Å². The molecule has 4 rings (SSSR count). The van der Waals surface area contributed by atoms with Crippen LogP contribution < -0.4 is 12.4 Å². The van der Waals surface area contributed by atoms with Crippen molar-refractivity contribution in [3.63, 3.8) is 0 Å². The molecule has 0 aromatic heterocycles. The monoisotopic (exact) mass is 380 g/mol. The van der Waals surface area contributed by atoms with E-state index in [1.807, 2.05) is 0 Å². The van der Waals surface area contributed by atoms with E-state index in [0.717, 1.165) is 0 Å². The summed E-state index contributed by atoms with van der Waals surface area (Å²) < 4.78 is 3.22. The Balaban J connectivity index is 0.00000182. The van der Waals surface area contributed by atoms with Crippen LogP contribution in [0.5, 0.6) is 0 Å². The van der Waals surface area contributed by atoms with Gasteiger partial charge in [0.2, 0.25) is 0 Å². The van der Waals surface area contributed by atoms with Gasteiger partial charge in [0.1, 0.15) is 0 Å². The topological polar surface area (TPSA) is 0 Å². The Kier molecular flexibility index (Phi) is 6.31. The molecule has 25 heavy (non-hydrogen) atoms. The molecule has 0 amide bonds. The molecule has 0 aliphatic heterocycles. The van der Waals surface area contributed by atoms with E-state index >= 15 is 0 Å². The SMILES string of the molecule is C1=C[CH]([Ti+]([CH2]c2ccccc2)[CH2]c2ccccc2)c2ccccc21.[Cl-]. The predicted molar refractivity (Wildman–Crippen MR) is 98.5 cm³/mol. The van der Waals surface area contributed by atoms with Gasteiger partial charge in [0.25, 0.3) is 0 Å². The second-order valence-corrected chi connectivity index (χ2v) is 10.6. The van der Waals surface area contributed by atoms with E-state index in [9.17, 15) is 0 Å². The Hall–Kier alpha value is -1.60. The largest absolute Gasteiger partial charge is 1.00 e. The molecule has 1 atom stereocenters. The summed E-state index contributed by atoms with van der Waals surface area (Å²) in [4.78, 5) is 0. The van der Waals surface area contributed by atoms with E-state index in [1.54, 1.807) is 5.56 Å². The third-order valence-corrected chi connectivity index (χ3v) is 9.64. The summed E-state index contributed by atoms with van der Waals surface area (Å²) >= 11 is -1.39. The first kappa shape index (κ1) is 18.2. The average Bonchev–Trinajstić information content (AvgIpc) is 3.07. The van der Waals surface area contributed by atoms with Crippen molar-refractivity contribution in [1.82, 2.24) is 0 Å². The fourth-order valence-electron chi connectivity index (χ4n) is 3.60. The summed E-state index contributed by atoms with van der Waals surface area (Å²) in [6.45, 7) is 0. The number of benzene rings is 3. The molecule has 0 heterocycles. The zero-order valence-electron chi connectivity index (χ0n) is 14.1. The second kappa shape index (κ2) is 8.67. The Bertz CT molecular complexity index is 785. The van der Waals surface area contributed by atoms with Gasteiger partial charge in [0.15, 0.2) is 0 Å². The van der Waals surface area contributed by atoms with E-state index in [-0.39, 0.29) is 12.4 Å². The smallest absolute Gasteiger partial charge is 1.00 e. The molecular formula is C23H21ClTi. The molecule has 124 valence electrons. The van der Waals surface area contributed by atoms with Crippen LogP contribution in [0.2, 0.25) is 0 Å². The maximum Gasteiger partial charge on any atom is -1.00 e. The van der Waals surface area contributed by atoms with Gasteiger partial charge in [0.05, 0.1) is 0 Å². The molecule has 0 N–H and O–H groups in total. The minimum atomic E-state index is -1.39. The number of halogens is 1. The van der Waals surface area contributed by atoms with Crippen molar-refractivity contribution < 1.29 is 30.3 Å². The molecule has 0 fully saturated rings. The molecule has 0 spiro atoms. The van der Waals surface area contributed by atoms with E-state index < -0.39 is 17.9 Å². The van der Waals surface area contributed by atoms with Crippen LogP contribution >= 0.6 is 0 Å². The molecule has 1 aliphatic rings. The molecule has 3 aromatic rings. The predicted octanol–water partition coefficient (Wildman–Crippen LogP) is 2.78. The third-order valence-electron chi connectivity index (χ3n) is 4.79. The summed E-state index contributed by atoms with van der Waals surface area (Å²) in [7, 11) is 0. The molecule has 1 unspecified atom stereocenters. The first-order valence-electron chi connectivity index (χ1n) is 8.60. The first-order valence-corrected chi connectivity index (χ1v) is 11.7. The number of allylic oxidation sites excluding steroid dienone is 1. The fraction of sp³-hybridized carbons (Fsp3) is 0.130. The van der Waals surface area contributed by atoms with E-state index in [4.69, 9.17) is 0 Å². The Morgan fingerprint density at radius 2 is 1.16 bits per heavy atom. The standard InChI is InChI=1S/C9H7.2C7H7.ClH.Ti/c1-2-5-9-7-3-6-8(9)4-1;2*1-7-5-3-2-4-6-7;;/h1-7H;2*2-6H,1H2;1H;/q;;;;+1/p-1. The van der Waals surface area contributed by atoms with Crippen molar-refractivity contribution in [3.05, 3.63) is 113 Å². The quantitative estimate of drug-likeness (QED) is 0.597. The van der Waals surface area contributed by atoms with Crippen molar-refractivity contribution in [2.45, 2.75) is 13.7 Å². The normalized spacial score (nSPS) is 14.6. The van der Waals surface area contributed by atoms with Crippen LogP contribution in [0.3, 0.4) is 0 Å². The van der Waals surface area contributed by atoms with Gasteiger partial charge >= 0.3 is 151 Å². The van der Waals surface area contributed by atoms with Crippen molar-refractivity contribution >= 4 is 6.08 Å².